The van der Waals surface area contributed by atoms with Crippen LogP contribution < -0.4 is 0 Å². The average molecular weight is 773 g/mol. The standard InChI is InChI=1S/C39H64O15/c1-17(16-50-35-33(47)31(45)29(43)25(14-40)52-35)7-10-39(49)18(2)28-24(54-39)13-23-21-6-5-19-11-20(51-36-34(48)32(46)30(44)26(15-41)53-36)12-27(42)38(19,4)22(21)8-9-37(23,28)3/h5,17-18,20-36,40-49H,6-16H2,1-4H3/t17?,18-,20-,21+,22-,23-,24-,25+,26+,27+,28-,29+,30+,31-,32-,33+,34+,35+,36+,37-,38-,39+/m0/s1. The maximum Gasteiger partial charge on any atom is 0.186 e. The molecule has 4 aliphatic carbocycles. The number of hydrogen-bond donors (Lipinski definition) is 10. The summed E-state index contributed by atoms with van der Waals surface area (Å²) in [6, 6.07) is 0. The lowest BCUT2D eigenvalue weighted by Gasteiger charge is -2.60. The van der Waals surface area contributed by atoms with Crippen LogP contribution in [-0.4, -0.2) is 156 Å². The summed E-state index contributed by atoms with van der Waals surface area (Å²) in [6.45, 7) is 7.69. The molecule has 0 radical (unpaired) electrons. The van der Waals surface area contributed by atoms with Crippen molar-refractivity contribution >= 4 is 0 Å². The first kappa shape index (κ1) is 41.3. The fourth-order valence-corrected chi connectivity index (χ4v) is 12.1. The van der Waals surface area contributed by atoms with E-state index < -0.39 is 98.0 Å². The van der Waals surface area contributed by atoms with E-state index in [-0.39, 0.29) is 41.8 Å². The molecule has 310 valence electrons. The largest absolute Gasteiger partial charge is 0.394 e. The summed E-state index contributed by atoms with van der Waals surface area (Å²) in [5.41, 5.74) is 0.615. The fraction of sp³-hybridized carbons (Fsp3) is 0.949. The van der Waals surface area contributed by atoms with Crippen molar-refractivity contribution in [3.05, 3.63) is 11.6 Å². The first-order valence-electron chi connectivity index (χ1n) is 20.1. The predicted octanol–water partition coefficient (Wildman–Crippen LogP) is -0.712. The quantitative estimate of drug-likeness (QED) is 0.123. The van der Waals surface area contributed by atoms with Gasteiger partial charge in [-0.2, -0.15) is 0 Å². The maximum atomic E-state index is 12.0. The molecule has 0 aromatic carbocycles. The van der Waals surface area contributed by atoms with Crippen molar-refractivity contribution in [1.82, 2.24) is 0 Å². The molecule has 3 saturated carbocycles. The van der Waals surface area contributed by atoms with Gasteiger partial charge >= 0.3 is 0 Å². The zero-order valence-electron chi connectivity index (χ0n) is 31.8. The molecule has 6 fully saturated rings. The molecule has 15 nitrogen and oxygen atoms in total. The van der Waals surface area contributed by atoms with Gasteiger partial charge in [-0.15, -0.1) is 0 Å². The summed E-state index contributed by atoms with van der Waals surface area (Å²) in [7, 11) is 0. The number of hydrogen-bond acceptors (Lipinski definition) is 15. The van der Waals surface area contributed by atoms with Gasteiger partial charge in [0, 0.05) is 24.2 Å². The van der Waals surface area contributed by atoms with Crippen molar-refractivity contribution in [3.8, 4) is 0 Å². The molecule has 1 unspecified atom stereocenters. The predicted molar refractivity (Wildman–Crippen MR) is 188 cm³/mol. The number of allylic oxidation sites excluding steroid dienone is 1. The summed E-state index contributed by atoms with van der Waals surface area (Å²) in [5, 5.41) is 104. The summed E-state index contributed by atoms with van der Waals surface area (Å²) in [5.74, 6) is -0.365. The zero-order chi connectivity index (χ0) is 39.1. The highest BCUT2D eigenvalue weighted by Gasteiger charge is 2.68. The van der Waals surface area contributed by atoms with E-state index in [0.717, 1.165) is 31.3 Å². The van der Waals surface area contributed by atoms with Crippen LogP contribution in [0.5, 0.6) is 0 Å². The van der Waals surface area contributed by atoms with Crippen LogP contribution in [0.25, 0.3) is 0 Å². The number of rotatable bonds is 10. The fourth-order valence-electron chi connectivity index (χ4n) is 12.1. The van der Waals surface area contributed by atoms with E-state index in [1.54, 1.807) is 0 Å². The normalized spacial score (nSPS) is 55.0. The molecule has 15 heteroatoms. The molecule has 3 aliphatic heterocycles. The lowest BCUT2D eigenvalue weighted by molar-refractivity contribution is -0.315. The highest BCUT2D eigenvalue weighted by molar-refractivity contribution is 5.28. The van der Waals surface area contributed by atoms with Gasteiger partial charge in [-0.05, 0) is 73.5 Å². The van der Waals surface area contributed by atoms with Gasteiger partial charge in [0.1, 0.15) is 48.8 Å². The second-order valence-electron chi connectivity index (χ2n) is 18.3. The van der Waals surface area contributed by atoms with E-state index in [2.05, 4.69) is 26.8 Å². The molecular weight excluding hydrogens is 708 g/mol. The Balaban J connectivity index is 0.965. The van der Waals surface area contributed by atoms with Gasteiger partial charge in [0.05, 0.1) is 38.1 Å². The molecule has 0 spiro atoms. The van der Waals surface area contributed by atoms with Gasteiger partial charge in [0.15, 0.2) is 18.4 Å². The highest BCUT2D eigenvalue weighted by Crippen LogP contribution is 2.70. The van der Waals surface area contributed by atoms with Crippen LogP contribution in [0.3, 0.4) is 0 Å². The summed E-state index contributed by atoms with van der Waals surface area (Å²) < 4.78 is 29.6. The number of aliphatic hydroxyl groups is 10. The van der Waals surface area contributed by atoms with Crippen molar-refractivity contribution in [1.29, 1.82) is 0 Å². The summed E-state index contributed by atoms with van der Waals surface area (Å²) in [4.78, 5) is 0. The first-order chi connectivity index (χ1) is 25.5. The summed E-state index contributed by atoms with van der Waals surface area (Å²) >= 11 is 0. The van der Waals surface area contributed by atoms with Crippen molar-refractivity contribution in [3.63, 3.8) is 0 Å². The van der Waals surface area contributed by atoms with Crippen LogP contribution in [0.1, 0.15) is 79.1 Å². The lowest BCUT2D eigenvalue weighted by Crippen LogP contribution is -2.60. The molecule has 0 aromatic heterocycles. The van der Waals surface area contributed by atoms with Crippen LogP contribution in [-0.2, 0) is 23.7 Å². The molecule has 7 aliphatic rings. The van der Waals surface area contributed by atoms with Gasteiger partial charge < -0.3 is 74.7 Å². The van der Waals surface area contributed by atoms with E-state index >= 15 is 0 Å². The molecule has 7 rings (SSSR count). The molecule has 3 saturated heterocycles. The molecule has 10 N–H and O–H groups in total. The Morgan fingerprint density at radius 3 is 2.13 bits per heavy atom. The van der Waals surface area contributed by atoms with E-state index in [4.69, 9.17) is 23.7 Å². The maximum absolute atomic E-state index is 12.0. The van der Waals surface area contributed by atoms with Crippen molar-refractivity contribution in [2.75, 3.05) is 19.8 Å². The van der Waals surface area contributed by atoms with Gasteiger partial charge in [0.2, 0.25) is 0 Å². The topological polar surface area (TPSA) is 248 Å². The lowest BCUT2D eigenvalue weighted by atomic mass is 9.46. The molecule has 0 bridgehead atoms. The number of fused-ring (bicyclic) bond motifs is 7. The van der Waals surface area contributed by atoms with Gasteiger partial charge in [-0.1, -0.05) is 39.3 Å². The Labute approximate surface area is 316 Å². The third-order valence-corrected chi connectivity index (χ3v) is 15.4. The monoisotopic (exact) mass is 772 g/mol. The second-order valence-corrected chi connectivity index (χ2v) is 18.3. The third kappa shape index (κ3) is 6.74. The molecule has 3 heterocycles. The van der Waals surface area contributed by atoms with Gasteiger partial charge in [0.25, 0.3) is 0 Å². The van der Waals surface area contributed by atoms with Crippen molar-refractivity contribution < 1.29 is 74.7 Å². The Morgan fingerprint density at radius 2 is 1.48 bits per heavy atom. The third-order valence-electron chi connectivity index (χ3n) is 15.4. The Morgan fingerprint density at radius 1 is 0.852 bits per heavy atom. The van der Waals surface area contributed by atoms with Crippen LogP contribution in [0.2, 0.25) is 0 Å². The van der Waals surface area contributed by atoms with Crippen LogP contribution in [0.15, 0.2) is 11.6 Å². The SMILES string of the molecule is CC(CC[C@@]1(O)O[C@H]2C[C@H]3[C@@H]4CC=C5C[C@H](O[C@@H]6O[C@H](CO)[C@@H](O)[C@H](O)[C@H]6O)C[C@@H](O)[C@]5(C)[C@H]4CC[C@]3(C)[C@H]2[C@@H]1C)CO[C@@H]1O[C@H](CO)[C@@H](O)[C@H](O)[C@H]1O. The second kappa shape index (κ2) is 15.4. The van der Waals surface area contributed by atoms with Crippen LogP contribution >= 0.6 is 0 Å². The summed E-state index contributed by atoms with van der Waals surface area (Å²) in [6.07, 6.45) is -7.09. The molecule has 0 aromatic rings. The van der Waals surface area contributed by atoms with Crippen LogP contribution in [0.4, 0.5) is 0 Å². The van der Waals surface area contributed by atoms with E-state index in [9.17, 15) is 51.1 Å². The molecule has 0 amide bonds. The van der Waals surface area contributed by atoms with E-state index in [0.29, 0.717) is 37.5 Å². The Hall–Kier alpha value is -0.860. The van der Waals surface area contributed by atoms with Crippen LogP contribution in [0, 0.1) is 46.3 Å². The minimum absolute atomic E-state index is 0.0514. The smallest absolute Gasteiger partial charge is 0.186 e. The zero-order valence-corrected chi connectivity index (χ0v) is 31.8. The minimum Gasteiger partial charge on any atom is -0.394 e. The molecule has 54 heavy (non-hydrogen) atoms. The van der Waals surface area contributed by atoms with E-state index in [1.807, 2.05) is 6.92 Å². The number of ether oxygens (including phenoxy) is 5. The van der Waals surface area contributed by atoms with Crippen molar-refractivity contribution in [2.24, 2.45) is 46.3 Å². The average Bonchev–Trinajstić information content (AvgIpc) is 3.58. The number of aliphatic hydroxyl groups excluding tert-OH is 9. The van der Waals surface area contributed by atoms with Gasteiger partial charge in [-0.3, -0.25) is 0 Å². The van der Waals surface area contributed by atoms with Crippen molar-refractivity contribution in [2.45, 2.75) is 165 Å². The Bertz CT molecular complexity index is 1350. The first-order valence-corrected chi connectivity index (χ1v) is 20.1. The molecular formula is C39H64O15. The van der Waals surface area contributed by atoms with E-state index in [1.165, 1.54) is 0 Å². The highest BCUT2D eigenvalue weighted by atomic mass is 16.7. The van der Waals surface area contributed by atoms with Gasteiger partial charge in [-0.25, -0.2) is 0 Å². The molecule has 22 atom stereocenters. The minimum atomic E-state index is -1.53. The Kier molecular flexibility index (Phi) is 11.8.